The summed E-state index contributed by atoms with van der Waals surface area (Å²) < 4.78 is 0. The van der Waals surface area contributed by atoms with Gasteiger partial charge in [-0.25, -0.2) is 0 Å². The van der Waals surface area contributed by atoms with Crippen molar-refractivity contribution in [2.75, 3.05) is 19.6 Å². The quantitative estimate of drug-likeness (QED) is 0.810. The first-order chi connectivity index (χ1) is 8.36. The molecular weight excluding hydrogens is 208 g/mol. The molecule has 3 fully saturated rings. The molecule has 4 unspecified atom stereocenters. The van der Waals surface area contributed by atoms with E-state index in [1.54, 1.807) is 6.42 Å². The summed E-state index contributed by atoms with van der Waals surface area (Å²) in [7, 11) is 0. The molecule has 2 nitrogen and oxygen atoms in total. The van der Waals surface area contributed by atoms with Crippen molar-refractivity contribution in [1.29, 1.82) is 0 Å². The highest BCUT2D eigenvalue weighted by atomic mass is 15.2. The van der Waals surface area contributed by atoms with Gasteiger partial charge in [0.1, 0.15) is 0 Å². The maximum absolute atomic E-state index is 3.74. The highest BCUT2D eigenvalue weighted by molar-refractivity contribution is 4.96. The second kappa shape index (κ2) is 5.27. The summed E-state index contributed by atoms with van der Waals surface area (Å²) in [6.07, 6.45) is 10.2. The predicted molar refractivity (Wildman–Crippen MR) is 72.1 cm³/mol. The van der Waals surface area contributed by atoms with Crippen LogP contribution in [-0.2, 0) is 0 Å². The van der Waals surface area contributed by atoms with Gasteiger partial charge in [-0.2, -0.15) is 0 Å². The van der Waals surface area contributed by atoms with Crippen molar-refractivity contribution in [3.63, 3.8) is 0 Å². The minimum Gasteiger partial charge on any atom is -0.313 e. The number of fused-ring (bicyclic) bond motifs is 2. The van der Waals surface area contributed by atoms with Crippen LogP contribution in [0.25, 0.3) is 0 Å². The Balaban J connectivity index is 1.61. The van der Waals surface area contributed by atoms with Crippen LogP contribution in [0.5, 0.6) is 0 Å². The van der Waals surface area contributed by atoms with Crippen LogP contribution in [0.15, 0.2) is 0 Å². The van der Waals surface area contributed by atoms with Gasteiger partial charge in [0.25, 0.3) is 0 Å². The lowest BCUT2D eigenvalue weighted by Gasteiger charge is -2.35. The molecule has 17 heavy (non-hydrogen) atoms. The van der Waals surface area contributed by atoms with Gasteiger partial charge in [0.2, 0.25) is 0 Å². The summed E-state index contributed by atoms with van der Waals surface area (Å²) in [5.41, 5.74) is 0. The van der Waals surface area contributed by atoms with Gasteiger partial charge in [-0.05, 0) is 57.0 Å². The van der Waals surface area contributed by atoms with E-state index in [-0.39, 0.29) is 0 Å². The third kappa shape index (κ3) is 2.53. The Labute approximate surface area is 106 Å². The molecule has 3 aliphatic rings. The highest BCUT2D eigenvalue weighted by Gasteiger charge is 2.42. The molecule has 4 atom stereocenters. The van der Waals surface area contributed by atoms with Crippen molar-refractivity contribution < 1.29 is 0 Å². The first-order valence-electron chi connectivity index (χ1n) is 7.84. The van der Waals surface area contributed by atoms with Crippen LogP contribution in [0.1, 0.15) is 51.9 Å². The molecule has 0 aromatic heterocycles. The fourth-order valence-corrected chi connectivity index (χ4v) is 4.53. The zero-order valence-corrected chi connectivity index (χ0v) is 11.3. The summed E-state index contributed by atoms with van der Waals surface area (Å²) in [5.74, 6) is 2.14. The molecule has 1 N–H and O–H groups in total. The molecule has 1 aliphatic heterocycles. The lowest BCUT2D eigenvalue weighted by atomic mass is 9.93. The molecule has 0 spiro atoms. The maximum Gasteiger partial charge on any atom is 0.0195 e. The topological polar surface area (TPSA) is 15.3 Å². The third-order valence-corrected chi connectivity index (χ3v) is 5.32. The van der Waals surface area contributed by atoms with E-state index in [4.69, 9.17) is 0 Å². The van der Waals surface area contributed by atoms with E-state index in [0.29, 0.717) is 0 Å². The van der Waals surface area contributed by atoms with Crippen molar-refractivity contribution >= 4 is 0 Å². The lowest BCUT2D eigenvalue weighted by molar-refractivity contribution is 0.138. The zero-order valence-electron chi connectivity index (χ0n) is 11.3. The number of nitrogens with zero attached hydrogens (tertiary/aromatic N) is 1. The second-order valence-corrected chi connectivity index (χ2v) is 6.53. The van der Waals surface area contributed by atoms with Gasteiger partial charge in [0.05, 0.1) is 0 Å². The van der Waals surface area contributed by atoms with Crippen LogP contribution >= 0.6 is 0 Å². The lowest BCUT2D eigenvalue weighted by Crippen LogP contribution is -2.44. The minimum absolute atomic E-state index is 0.765. The Morgan fingerprint density at radius 1 is 1.24 bits per heavy atom. The van der Waals surface area contributed by atoms with E-state index in [9.17, 15) is 0 Å². The van der Waals surface area contributed by atoms with Crippen molar-refractivity contribution in [2.45, 2.75) is 64.0 Å². The van der Waals surface area contributed by atoms with E-state index >= 15 is 0 Å². The Bertz CT molecular complexity index is 253. The summed E-state index contributed by atoms with van der Waals surface area (Å²) in [6, 6.07) is 1.72. The SMILES string of the molecule is CCCC1CN(C2CC3CCC2C3)CCCN1. The third-order valence-electron chi connectivity index (χ3n) is 5.32. The van der Waals surface area contributed by atoms with Gasteiger partial charge >= 0.3 is 0 Å². The molecular formula is C15H28N2. The van der Waals surface area contributed by atoms with Crippen LogP contribution in [0.3, 0.4) is 0 Å². The molecule has 3 rings (SSSR count). The van der Waals surface area contributed by atoms with Crippen molar-refractivity contribution in [3.8, 4) is 0 Å². The first kappa shape index (κ1) is 12.0. The van der Waals surface area contributed by atoms with Crippen molar-refractivity contribution in [3.05, 3.63) is 0 Å². The standard InChI is InChI=1S/C15H28N2/c1-2-4-14-11-17(8-3-7-16-14)15-10-12-5-6-13(15)9-12/h12-16H,2-11H2,1H3. The van der Waals surface area contributed by atoms with E-state index in [1.807, 2.05) is 0 Å². The van der Waals surface area contributed by atoms with Gasteiger partial charge in [-0.3, -0.25) is 4.90 Å². The van der Waals surface area contributed by atoms with Gasteiger partial charge in [0.15, 0.2) is 0 Å². The first-order valence-corrected chi connectivity index (χ1v) is 7.84. The average molecular weight is 236 g/mol. The fraction of sp³-hybridized carbons (Fsp3) is 1.00. The van der Waals surface area contributed by atoms with Gasteiger partial charge in [-0.15, -0.1) is 0 Å². The molecule has 0 aromatic rings. The number of hydrogen-bond acceptors (Lipinski definition) is 2. The van der Waals surface area contributed by atoms with Gasteiger partial charge in [-0.1, -0.05) is 19.8 Å². The van der Waals surface area contributed by atoms with Crippen molar-refractivity contribution in [2.24, 2.45) is 11.8 Å². The maximum atomic E-state index is 3.74. The second-order valence-electron chi connectivity index (χ2n) is 6.53. The predicted octanol–water partition coefficient (Wildman–Crippen LogP) is 2.64. The smallest absolute Gasteiger partial charge is 0.0195 e. The summed E-state index contributed by atoms with van der Waals surface area (Å²) in [6.45, 7) is 6.22. The molecule has 0 aromatic carbocycles. The van der Waals surface area contributed by atoms with E-state index < -0.39 is 0 Å². The molecule has 1 heterocycles. The van der Waals surface area contributed by atoms with Crippen LogP contribution in [0.2, 0.25) is 0 Å². The summed E-state index contributed by atoms with van der Waals surface area (Å²) in [4.78, 5) is 2.85. The molecule has 98 valence electrons. The molecule has 2 aliphatic carbocycles. The Morgan fingerprint density at radius 2 is 2.18 bits per heavy atom. The molecule has 2 bridgehead atoms. The molecule has 1 saturated heterocycles. The van der Waals surface area contributed by atoms with Crippen LogP contribution < -0.4 is 5.32 Å². The van der Waals surface area contributed by atoms with E-state index in [1.165, 1.54) is 58.2 Å². The fourth-order valence-electron chi connectivity index (χ4n) is 4.53. The monoisotopic (exact) mass is 236 g/mol. The largest absolute Gasteiger partial charge is 0.313 e. The van der Waals surface area contributed by atoms with Crippen LogP contribution in [-0.4, -0.2) is 36.6 Å². The number of nitrogens with one attached hydrogen (secondary N) is 1. The molecule has 0 amide bonds. The van der Waals surface area contributed by atoms with Crippen LogP contribution in [0.4, 0.5) is 0 Å². The Kier molecular flexibility index (Phi) is 3.72. The number of rotatable bonds is 3. The normalized spacial score (nSPS) is 42.9. The zero-order chi connectivity index (χ0) is 11.7. The number of hydrogen-bond donors (Lipinski definition) is 1. The average Bonchev–Trinajstić information content (AvgIpc) is 2.88. The molecule has 2 heteroatoms. The summed E-state index contributed by atoms with van der Waals surface area (Å²) >= 11 is 0. The Hall–Kier alpha value is -0.0800. The highest BCUT2D eigenvalue weighted by Crippen LogP contribution is 2.46. The van der Waals surface area contributed by atoms with Gasteiger partial charge in [0, 0.05) is 18.6 Å². The van der Waals surface area contributed by atoms with E-state index in [0.717, 1.165) is 23.9 Å². The van der Waals surface area contributed by atoms with E-state index in [2.05, 4.69) is 17.1 Å². The van der Waals surface area contributed by atoms with Crippen LogP contribution in [0, 0.1) is 11.8 Å². The Morgan fingerprint density at radius 3 is 2.88 bits per heavy atom. The molecule has 0 radical (unpaired) electrons. The van der Waals surface area contributed by atoms with Gasteiger partial charge < -0.3 is 5.32 Å². The molecule has 2 saturated carbocycles. The summed E-state index contributed by atoms with van der Waals surface area (Å²) in [5, 5.41) is 3.74. The van der Waals surface area contributed by atoms with Crippen molar-refractivity contribution in [1.82, 2.24) is 10.2 Å². The minimum atomic E-state index is 0.765.